The number of carboxylic acid groups (broad SMARTS) is 1. The zero-order valence-electron chi connectivity index (χ0n) is 38.3. The van der Waals surface area contributed by atoms with E-state index < -0.39 is 101 Å². The first-order valence-electron chi connectivity index (χ1n) is 21.9. The molecular weight excluding hydrogens is 861 g/mol. The van der Waals surface area contributed by atoms with Crippen LogP contribution in [0.3, 0.4) is 0 Å². The van der Waals surface area contributed by atoms with Crippen LogP contribution in [0.4, 0.5) is 0 Å². The number of nitrogens with one attached hydrogen (secondary N) is 7. The van der Waals surface area contributed by atoms with Crippen LogP contribution in [-0.4, -0.2) is 152 Å². The highest BCUT2D eigenvalue weighted by molar-refractivity contribution is 6.09. The van der Waals surface area contributed by atoms with Crippen LogP contribution >= 0.6 is 0 Å². The topological polar surface area (TPSA) is 366 Å². The summed E-state index contributed by atoms with van der Waals surface area (Å²) >= 11 is 0. The first-order chi connectivity index (χ1) is 31.1. The van der Waals surface area contributed by atoms with Crippen LogP contribution in [0, 0.1) is 11.8 Å². The Labute approximate surface area is 383 Å². The molecule has 1 saturated heterocycles. The maximum Gasteiger partial charge on any atom is 0.343 e. The SMILES string of the molecule is CCC(C)[C@H](NC(=O)[C@H](Cc1ccc(O)cc1)NC(=O)[C@@H](NC(=O)[C@H](CCCN=C(N)N)NC(=O)CNC)C(C)C)C(=O)N[C@@H](Cc1cnc[nH]1)C(=O)N1CCC[C@H]1C(=O)C(C)(O)C(=O)O. The average molecular weight is 927 g/mol. The number of aromatic nitrogens is 2. The van der Waals surface area contributed by atoms with Gasteiger partial charge < -0.3 is 68.6 Å². The number of guanidine groups is 1. The van der Waals surface area contributed by atoms with Crippen molar-refractivity contribution in [3.05, 3.63) is 48.0 Å². The van der Waals surface area contributed by atoms with Crippen molar-refractivity contribution in [1.29, 1.82) is 0 Å². The molecule has 0 radical (unpaired) electrons. The van der Waals surface area contributed by atoms with Crippen LogP contribution in [0.1, 0.15) is 78.0 Å². The molecule has 1 aliphatic rings. The molecule has 0 aliphatic carbocycles. The molecule has 1 fully saturated rings. The minimum absolute atomic E-state index is 0.0351. The molecule has 6 amide bonds. The van der Waals surface area contributed by atoms with Crippen molar-refractivity contribution in [1.82, 2.24) is 46.8 Å². The highest BCUT2D eigenvalue weighted by atomic mass is 16.4. The van der Waals surface area contributed by atoms with E-state index in [0.29, 0.717) is 30.5 Å². The second-order valence-electron chi connectivity index (χ2n) is 16.9. The molecule has 3 rings (SSSR count). The fraction of sp³-hybridized carbons (Fsp3) is 0.581. The average Bonchev–Trinajstić information content (AvgIpc) is 3.98. The third kappa shape index (κ3) is 15.5. The number of aromatic hydroxyl groups is 1. The molecule has 1 aliphatic heterocycles. The van der Waals surface area contributed by atoms with E-state index in [1.165, 1.54) is 24.7 Å². The number of hydrogen-bond donors (Lipinski definition) is 12. The van der Waals surface area contributed by atoms with Gasteiger partial charge in [-0.1, -0.05) is 46.2 Å². The lowest BCUT2D eigenvalue weighted by Gasteiger charge is -2.32. The van der Waals surface area contributed by atoms with E-state index in [-0.39, 0.29) is 57.0 Å². The predicted octanol–water partition coefficient (Wildman–Crippen LogP) is -2.30. The summed E-state index contributed by atoms with van der Waals surface area (Å²) in [6.45, 7) is 7.77. The van der Waals surface area contributed by atoms with Gasteiger partial charge in [-0.2, -0.15) is 0 Å². The molecule has 66 heavy (non-hydrogen) atoms. The zero-order valence-corrected chi connectivity index (χ0v) is 38.3. The van der Waals surface area contributed by atoms with Gasteiger partial charge in [0.05, 0.1) is 18.9 Å². The van der Waals surface area contributed by atoms with Crippen LogP contribution in [0.15, 0.2) is 41.8 Å². The molecule has 0 bridgehead atoms. The fourth-order valence-electron chi connectivity index (χ4n) is 7.27. The van der Waals surface area contributed by atoms with Crippen molar-refractivity contribution < 1.29 is 53.7 Å². The maximum absolute atomic E-state index is 14.4. The largest absolute Gasteiger partial charge is 0.508 e. The fourth-order valence-corrected chi connectivity index (χ4v) is 7.27. The summed E-state index contributed by atoms with van der Waals surface area (Å²) < 4.78 is 0. The van der Waals surface area contributed by atoms with Crippen molar-refractivity contribution in [2.45, 2.75) is 121 Å². The molecule has 14 N–H and O–H groups in total. The number of amides is 6. The number of H-pyrrole nitrogens is 1. The summed E-state index contributed by atoms with van der Waals surface area (Å²) in [6, 6.07) is -1.75. The van der Waals surface area contributed by atoms with E-state index in [9.17, 15) is 53.7 Å². The Balaban J connectivity index is 1.93. The third-order valence-electron chi connectivity index (χ3n) is 11.3. The molecule has 0 spiro atoms. The normalized spacial score (nSPS) is 17.2. The number of aromatic amines is 1. The van der Waals surface area contributed by atoms with Crippen LogP contribution in [-0.2, 0) is 51.2 Å². The Morgan fingerprint density at radius 1 is 0.894 bits per heavy atom. The minimum Gasteiger partial charge on any atom is -0.508 e. The number of nitrogens with zero attached hydrogens (tertiary/aromatic N) is 3. The summed E-state index contributed by atoms with van der Waals surface area (Å²) in [5.41, 5.74) is 9.01. The molecule has 23 heteroatoms. The number of aliphatic imine (C=N–C) groups is 1. The zero-order chi connectivity index (χ0) is 49.3. The first kappa shape index (κ1) is 53.7. The van der Waals surface area contributed by atoms with E-state index in [1.807, 2.05) is 0 Å². The third-order valence-corrected chi connectivity index (χ3v) is 11.3. The number of aliphatic carboxylic acids is 1. The van der Waals surface area contributed by atoms with Crippen LogP contribution in [0.5, 0.6) is 5.75 Å². The Hall–Kier alpha value is -6.62. The number of imidazole rings is 1. The number of likely N-dealkylation sites (tertiary alicyclic amines) is 1. The summed E-state index contributed by atoms with van der Waals surface area (Å²) in [4.78, 5) is 120. The van der Waals surface area contributed by atoms with Crippen molar-refractivity contribution in [2.24, 2.45) is 28.3 Å². The Morgan fingerprint density at radius 2 is 1.52 bits per heavy atom. The number of nitrogens with two attached hydrogens (primary N) is 2. The smallest absolute Gasteiger partial charge is 0.343 e. The summed E-state index contributed by atoms with van der Waals surface area (Å²) in [5, 5.41) is 46.2. The number of carbonyl (C=O) groups is 8. The number of aliphatic hydroxyl groups is 1. The molecule has 1 aromatic carbocycles. The number of carboxylic acids is 1. The molecule has 0 saturated carbocycles. The van der Waals surface area contributed by atoms with E-state index in [4.69, 9.17) is 11.5 Å². The standard InChI is InChI=1S/C43H66N12O11/c1-7-24(4)34(39(62)52-30(19-26-20-47-22-49-26)40(63)55-17-9-11-31(55)35(58)43(5,66)41(64)65)54-37(60)29(18-25-12-14-27(56)15-13-25)51-38(61)33(23(2)3)53-36(59)28(50-32(57)21-46-6)10-8-16-48-42(44)45/h12-15,20,22-24,28-31,33-34,46,56,66H,7-11,16-19,21H2,1-6H3,(H,47,49)(H,50,57)(H,51,61)(H,52,62)(H,53,59)(H,54,60)(H,64,65)(H4,44,45,48)/t24?,28-,29-,30-,31-,33-,34-,43?/m0/s1. The Morgan fingerprint density at radius 3 is 2.09 bits per heavy atom. The van der Waals surface area contributed by atoms with Crippen molar-refractivity contribution >= 4 is 53.2 Å². The van der Waals surface area contributed by atoms with Gasteiger partial charge in [-0.05, 0) is 69.2 Å². The molecule has 2 heterocycles. The molecule has 364 valence electrons. The number of hydrogen-bond acceptors (Lipinski definition) is 13. The molecule has 8 atom stereocenters. The van der Waals surface area contributed by atoms with Crippen molar-refractivity contribution in [3.63, 3.8) is 0 Å². The van der Waals surface area contributed by atoms with Crippen molar-refractivity contribution in [2.75, 3.05) is 26.7 Å². The van der Waals surface area contributed by atoms with Gasteiger partial charge in [0, 0.05) is 37.8 Å². The van der Waals surface area contributed by atoms with Crippen LogP contribution < -0.4 is 43.4 Å². The van der Waals surface area contributed by atoms with Gasteiger partial charge in [-0.25, -0.2) is 9.78 Å². The van der Waals surface area contributed by atoms with Gasteiger partial charge in [-0.15, -0.1) is 0 Å². The number of carbonyl (C=O) groups excluding carboxylic acids is 7. The highest BCUT2D eigenvalue weighted by Gasteiger charge is 2.48. The number of likely N-dealkylation sites (N-methyl/N-ethyl adjacent to an activating group) is 1. The van der Waals surface area contributed by atoms with Crippen molar-refractivity contribution in [3.8, 4) is 5.75 Å². The lowest BCUT2D eigenvalue weighted by molar-refractivity contribution is -0.166. The molecule has 2 aromatic rings. The maximum atomic E-state index is 14.4. The van der Waals surface area contributed by atoms with E-state index in [0.717, 1.165) is 11.8 Å². The quantitative estimate of drug-likeness (QED) is 0.0204. The lowest BCUT2D eigenvalue weighted by atomic mass is 9.93. The van der Waals surface area contributed by atoms with Gasteiger partial charge in [-0.3, -0.25) is 38.6 Å². The number of phenolic OH excluding ortho intramolecular Hbond substituents is 1. The van der Waals surface area contributed by atoms with E-state index >= 15 is 0 Å². The number of ketones is 1. The molecule has 2 unspecified atom stereocenters. The summed E-state index contributed by atoms with van der Waals surface area (Å²) in [7, 11) is 1.56. The minimum atomic E-state index is -2.78. The number of rotatable bonds is 26. The second kappa shape index (κ2) is 25.2. The summed E-state index contributed by atoms with van der Waals surface area (Å²) in [5.74, 6) is -8.40. The number of benzene rings is 1. The van der Waals surface area contributed by atoms with Gasteiger partial charge >= 0.3 is 5.97 Å². The van der Waals surface area contributed by atoms with Crippen LogP contribution in [0.25, 0.3) is 0 Å². The predicted molar refractivity (Wildman–Crippen MR) is 240 cm³/mol. The van der Waals surface area contributed by atoms with Crippen LogP contribution in [0.2, 0.25) is 0 Å². The highest BCUT2D eigenvalue weighted by Crippen LogP contribution is 2.25. The first-order valence-corrected chi connectivity index (χ1v) is 21.9. The van der Waals surface area contributed by atoms with E-state index in [1.54, 1.807) is 46.9 Å². The molecule has 23 nitrogen and oxygen atoms in total. The second-order valence-corrected chi connectivity index (χ2v) is 16.9. The summed E-state index contributed by atoms with van der Waals surface area (Å²) in [6.07, 6.45) is 3.70. The Kier molecular flexibility index (Phi) is 20.5. The number of phenols is 1. The van der Waals surface area contributed by atoms with Gasteiger partial charge in [0.25, 0.3) is 0 Å². The molecular formula is C43H66N12O11. The molecule has 1 aromatic heterocycles. The van der Waals surface area contributed by atoms with E-state index in [2.05, 4.69) is 46.9 Å². The van der Waals surface area contributed by atoms with Gasteiger partial charge in [0.2, 0.25) is 41.0 Å². The monoisotopic (exact) mass is 926 g/mol. The Bertz CT molecular complexity index is 2020. The van der Waals surface area contributed by atoms with Gasteiger partial charge in [0.15, 0.2) is 11.7 Å². The van der Waals surface area contributed by atoms with Gasteiger partial charge in [0.1, 0.15) is 36.0 Å². The lowest BCUT2D eigenvalue weighted by Crippen LogP contribution is -2.62. The number of Topliss-reactive ketones (excluding diaryl/α,β-unsaturated/α-hetero) is 1.